The van der Waals surface area contributed by atoms with E-state index in [0.29, 0.717) is 31.6 Å². The van der Waals surface area contributed by atoms with E-state index in [4.69, 9.17) is 14.2 Å². The van der Waals surface area contributed by atoms with Crippen molar-refractivity contribution in [1.29, 1.82) is 0 Å². The second-order valence-electron chi connectivity index (χ2n) is 10.0. The van der Waals surface area contributed by atoms with Gasteiger partial charge in [0.15, 0.2) is 17.6 Å². The molecule has 0 fully saturated rings. The molecule has 0 aromatic heterocycles. The van der Waals surface area contributed by atoms with Gasteiger partial charge in [0, 0.05) is 12.5 Å². The fourth-order valence-corrected chi connectivity index (χ4v) is 6.14. The number of rotatable bonds is 13. The summed E-state index contributed by atoms with van der Waals surface area (Å²) >= 11 is 0. The summed E-state index contributed by atoms with van der Waals surface area (Å²) in [6.07, 6.45) is 2.84. The molecule has 0 saturated carbocycles. The largest absolute Gasteiger partial charge is 0.493 e. The molecule has 0 aliphatic heterocycles. The van der Waals surface area contributed by atoms with Crippen molar-refractivity contribution in [2.75, 3.05) is 34.4 Å². The lowest BCUT2D eigenvalue weighted by Crippen LogP contribution is -2.51. The average Bonchev–Trinajstić information content (AvgIpc) is 2.85. The summed E-state index contributed by atoms with van der Waals surface area (Å²) in [7, 11) is 4.74. The molecular weight excluding hydrogens is 461 g/mol. The van der Waals surface area contributed by atoms with Crippen molar-refractivity contribution in [2.24, 2.45) is 11.3 Å². The molecule has 2 N–H and O–H groups in total. The monoisotopic (exact) mass is 501 g/mol. The topological polar surface area (TPSA) is 77.0 Å². The predicted octanol–water partition coefficient (Wildman–Crippen LogP) is 5.23. The lowest BCUT2D eigenvalue weighted by atomic mass is 9.56. The van der Waals surface area contributed by atoms with Crippen LogP contribution in [0.1, 0.15) is 55.7 Å². The van der Waals surface area contributed by atoms with Gasteiger partial charge in [-0.3, -0.25) is 0 Å². The summed E-state index contributed by atoms with van der Waals surface area (Å²) in [6.45, 7) is 5.72. The maximum atomic E-state index is 14.0. The second kappa shape index (κ2) is 12.5. The van der Waals surface area contributed by atoms with Crippen molar-refractivity contribution in [3.8, 4) is 11.5 Å². The Balaban J connectivity index is 1.70. The Labute approximate surface area is 214 Å². The van der Waals surface area contributed by atoms with Gasteiger partial charge in [-0.05, 0) is 98.0 Å². The van der Waals surface area contributed by atoms with Crippen molar-refractivity contribution < 1.29 is 28.5 Å². The van der Waals surface area contributed by atoms with Crippen LogP contribution >= 0.6 is 0 Å². The van der Waals surface area contributed by atoms with Gasteiger partial charge >= 0.3 is 5.97 Å². The molecule has 1 unspecified atom stereocenters. The zero-order valence-corrected chi connectivity index (χ0v) is 22.1. The standard InChI is InChI=1S/C29H40FNO5/c1-19(2)26-23-10-9-22(30)18-21(23)12-13-29(26,27(36-5)28(32)33)14-16-31-15-6-7-20-8-11-24(34-3)25(17-20)35-4/h8-11,17-19,26-27,31H,6-7,12-16H2,1-5H3,(H,32,33)/t26-,27+,29?/m0/s1. The second-order valence-corrected chi connectivity index (χ2v) is 10.0. The van der Waals surface area contributed by atoms with Crippen molar-refractivity contribution >= 4 is 5.97 Å². The number of carboxylic acid groups (broad SMARTS) is 1. The maximum Gasteiger partial charge on any atom is 0.333 e. The third-order valence-corrected chi connectivity index (χ3v) is 7.60. The molecule has 3 atom stereocenters. The van der Waals surface area contributed by atoms with Gasteiger partial charge in [0.2, 0.25) is 0 Å². The maximum absolute atomic E-state index is 14.0. The van der Waals surface area contributed by atoms with Crippen LogP contribution in [-0.2, 0) is 22.4 Å². The number of halogens is 1. The number of ether oxygens (including phenoxy) is 3. The average molecular weight is 502 g/mol. The van der Waals surface area contributed by atoms with Crippen LogP contribution in [0.25, 0.3) is 0 Å². The highest BCUT2D eigenvalue weighted by Gasteiger charge is 2.52. The molecule has 0 radical (unpaired) electrons. The normalized spacial score (nSPS) is 20.1. The third-order valence-electron chi connectivity index (χ3n) is 7.60. The fourth-order valence-electron chi connectivity index (χ4n) is 6.14. The highest BCUT2D eigenvalue weighted by Crippen LogP contribution is 2.54. The van der Waals surface area contributed by atoms with E-state index in [0.717, 1.165) is 36.3 Å². The SMILES string of the molecule is COc1ccc(CCCNCCC2([C@H](OC)C(=O)O)CCc3cc(F)ccc3[C@@H]2C(C)C)cc1OC. The lowest BCUT2D eigenvalue weighted by Gasteiger charge is -2.50. The Kier molecular flexibility index (Phi) is 9.74. The number of carbonyl (C=O) groups is 1. The van der Waals surface area contributed by atoms with Crippen LogP contribution in [0.4, 0.5) is 4.39 Å². The first-order valence-electron chi connectivity index (χ1n) is 12.7. The number of hydrogen-bond donors (Lipinski definition) is 2. The van der Waals surface area contributed by atoms with Gasteiger partial charge in [0.05, 0.1) is 14.2 Å². The highest BCUT2D eigenvalue weighted by atomic mass is 19.1. The number of nitrogens with one attached hydrogen (secondary N) is 1. The first kappa shape index (κ1) is 27.9. The third kappa shape index (κ3) is 6.01. The van der Waals surface area contributed by atoms with Gasteiger partial charge in [-0.2, -0.15) is 0 Å². The molecule has 3 rings (SSSR count). The number of aliphatic carboxylic acids is 1. The summed E-state index contributed by atoms with van der Waals surface area (Å²) < 4.78 is 30.3. The molecule has 0 amide bonds. The molecule has 2 aromatic carbocycles. The Hall–Kier alpha value is -2.64. The van der Waals surface area contributed by atoms with Crippen LogP contribution in [-0.4, -0.2) is 51.6 Å². The summed E-state index contributed by atoms with van der Waals surface area (Å²) in [5.41, 5.74) is 2.62. The van der Waals surface area contributed by atoms with Crippen LogP contribution in [0, 0.1) is 17.2 Å². The Morgan fingerprint density at radius 2 is 1.86 bits per heavy atom. The summed E-state index contributed by atoms with van der Waals surface area (Å²) in [5.74, 6) is 0.380. The first-order valence-corrected chi connectivity index (χ1v) is 12.7. The molecule has 0 spiro atoms. The molecule has 0 heterocycles. The van der Waals surface area contributed by atoms with Crippen molar-refractivity contribution in [1.82, 2.24) is 5.32 Å². The first-order chi connectivity index (χ1) is 17.3. The Morgan fingerprint density at radius 1 is 1.11 bits per heavy atom. The van der Waals surface area contributed by atoms with Crippen molar-refractivity contribution in [2.45, 2.75) is 58.0 Å². The number of benzene rings is 2. The highest BCUT2D eigenvalue weighted by molar-refractivity contribution is 5.74. The summed E-state index contributed by atoms with van der Waals surface area (Å²) in [6, 6.07) is 10.9. The molecule has 7 heteroatoms. The van der Waals surface area contributed by atoms with E-state index in [2.05, 4.69) is 19.2 Å². The van der Waals surface area contributed by atoms with Crippen molar-refractivity contribution in [3.05, 3.63) is 58.9 Å². The number of hydrogen-bond acceptors (Lipinski definition) is 5. The minimum atomic E-state index is -0.942. The van der Waals surface area contributed by atoms with E-state index >= 15 is 0 Å². The predicted molar refractivity (Wildman–Crippen MR) is 139 cm³/mol. The fraction of sp³-hybridized carbons (Fsp3) is 0.552. The number of carboxylic acids is 1. The quantitative estimate of drug-likeness (QED) is 0.366. The molecule has 36 heavy (non-hydrogen) atoms. The van der Waals surface area contributed by atoms with Crippen LogP contribution in [0.3, 0.4) is 0 Å². The van der Waals surface area contributed by atoms with Gasteiger partial charge in [-0.25, -0.2) is 9.18 Å². The molecule has 6 nitrogen and oxygen atoms in total. The van der Waals surface area contributed by atoms with Crippen LogP contribution in [0.5, 0.6) is 11.5 Å². The molecule has 0 bridgehead atoms. The molecule has 198 valence electrons. The van der Waals surface area contributed by atoms with Crippen LogP contribution in [0.15, 0.2) is 36.4 Å². The van der Waals surface area contributed by atoms with Gasteiger partial charge in [-0.15, -0.1) is 0 Å². The smallest absolute Gasteiger partial charge is 0.333 e. The molecule has 1 aliphatic carbocycles. The van der Waals surface area contributed by atoms with Gasteiger partial charge in [0.1, 0.15) is 5.82 Å². The van der Waals surface area contributed by atoms with Crippen LogP contribution < -0.4 is 14.8 Å². The van der Waals surface area contributed by atoms with E-state index in [1.807, 2.05) is 24.3 Å². The van der Waals surface area contributed by atoms with Gasteiger partial charge in [-0.1, -0.05) is 26.0 Å². The minimum absolute atomic E-state index is 0.0449. The van der Waals surface area contributed by atoms with E-state index in [1.54, 1.807) is 20.3 Å². The number of methoxy groups -OCH3 is 3. The lowest BCUT2D eigenvalue weighted by molar-refractivity contribution is -0.162. The summed E-state index contributed by atoms with van der Waals surface area (Å²) in [4.78, 5) is 12.3. The van der Waals surface area contributed by atoms with Crippen molar-refractivity contribution in [3.63, 3.8) is 0 Å². The Bertz CT molecular complexity index is 1030. The molecule has 0 saturated heterocycles. The van der Waals surface area contributed by atoms with E-state index in [1.165, 1.54) is 18.7 Å². The molecule has 1 aliphatic rings. The van der Waals surface area contributed by atoms with E-state index in [-0.39, 0.29) is 17.7 Å². The zero-order valence-electron chi connectivity index (χ0n) is 22.1. The summed E-state index contributed by atoms with van der Waals surface area (Å²) in [5, 5.41) is 13.6. The molecule has 2 aromatic rings. The zero-order chi connectivity index (χ0) is 26.3. The number of aryl methyl sites for hydroxylation is 2. The van der Waals surface area contributed by atoms with Gasteiger partial charge in [0.25, 0.3) is 0 Å². The van der Waals surface area contributed by atoms with E-state index in [9.17, 15) is 14.3 Å². The number of fused-ring (bicyclic) bond motifs is 1. The van der Waals surface area contributed by atoms with E-state index < -0.39 is 17.5 Å². The molecular formula is C29H40FNO5. The van der Waals surface area contributed by atoms with Crippen LogP contribution in [0.2, 0.25) is 0 Å². The minimum Gasteiger partial charge on any atom is -0.493 e. The van der Waals surface area contributed by atoms with Gasteiger partial charge < -0.3 is 24.6 Å². The Morgan fingerprint density at radius 3 is 2.50 bits per heavy atom.